The molecule has 1 atom stereocenters. The number of carbonyl (C=O) groups is 2. The lowest BCUT2D eigenvalue weighted by Crippen LogP contribution is -2.52. The van der Waals surface area contributed by atoms with Gasteiger partial charge in [0.25, 0.3) is 0 Å². The number of benzene rings is 2. The van der Waals surface area contributed by atoms with Gasteiger partial charge in [0.1, 0.15) is 24.1 Å². The maximum absolute atomic E-state index is 13.7. The highest BCUT2D eigenvalue weighted by Gasteiger charge is 2.32. The topological polar surface area (TPSA) is 105 Å². The first-order valence-corrected chi connectivity index (χ1v) is 13.4. The minimum absolute atomic E-state index is 0.108. The Bertz CT molecular complexity index is 1110. The molecule has 192 valence electrons. The summed E-state index contributed by atoms with van der Waals surface area (Å²) in [5.41, 5.74) is 1.01. The number of hydrogen-bond donors (Lipinski definition) is 1. The van der Waals surface area contributed by atoms with E-state index in [0.29, 0.717) is 31.1 Å². The van der Waals surface area contributed by atoms with E-state index >= 15 is 0 Å². The highest BCUT2D eigenvalue weighted by molar-refractivity contribution is 7.92. The smallest absolute Gasteiger partial charge is 0.244 e. The fourth-order valence-electron chi connectivity index (χ4n) is 3.71. The van der Waals surface area contributed by atoms with Crippen molar-refractivity contribution in [3.63, 3.8) is 0 Å². The molecule has 2 rings (SSSR count). The molecule has 0 spiro atoms. The maximum atomic E-state index is 13.7. The van der Waals surface area contributed by atoms with Crippen LogP contribution in [0.25, 0.3) is 0 Å². The van der Waals surface area contributed by atoms with E-state index in [0.717, 1.165) is 16.1 Å². The molecule has 0 radical (unpaired) electrons. The van der Waals surface area contributed by atoms with Gasteiger partial charge in [-0.2, -0.15) is 0 Å². The summed E-state index contributed by atoms with van der Waals surface area (Å²) < 4.78 is 37.4. The summed E-state index contributed by atoms with van der Waals surface area (Å²) >= 11 is 0. The third-order valence-corrected chi connectivity index (χ3v) is 6.46. The van der Waals surface area contributed by atoms with Gasteiger partial charge in [0.05, 0.1) is 25.7 Å². The van der Waals surface area contributed by atoms with Crippen molar-refractivity contribution in [3.05, 3.63) is 54.1 Å². The van der Waals surface area contributed by atoms with Crippen molar-refractivity contribution in [2.75, 3.05) is 37.4 Å². The summed E-state index contributed by atoms with van der Waals surface area (Å²) in [7, 11) is -2.30. The number of para-hydroxylation sites is 2. The lowest BCUT2D eigenvalue weighted by molar-refractivity contribution is -0.140. The van der Waals surface area contributed by atoms with Gasteiger partial charge < -0.3 is 19.7 Å². The van der Waals surface area contributed by atoms with E-state index in [1.165, 1.54) is 4.90 Å². The van der Waals surface area contributed by atoms with Crippen molar-refractivity contribution in [2.24, 2.45) is 0 Å². The Hall–Kier alpha value is -3.27. The Morgan fingerprint density at radius 3 is 2.37 bits per heavy atom. The van der Waals surface area contributed by atoms with E-state index in [2.05, 4.69) is 5.32 Å². The molecule has 2 amide bonds. The van der Waals surface area contributed by atoms with Crippen LogP contribution in [0.3, 0.4) is 0 Å². The Morgan fingerprint density at radius 1 is 1.06 bits per heavy atom. The molecule has 0 aliphatic rings. The molecule has 1 N–H and O–H groups in total. The summed E-state index contributed by atoms with van der Waals surface area (Å²) in [5.74, 6) is 0.155. The molecule has 35 heavy (non-hydrogen) atoms. The monoisotopic (exact) mass is 505 g/mol. The number of hydrogen-bond acceptors (Lipinski definition) is 6. The molecule has 0 bridgehead atoms. The minimum atomic E-state index is -3.85. The second-order valence-corrected chi connectivity index (χ2v) is 9.77. The van der Waals surface area contributed by atoms with Crippen molar-refractivity contribution in [2.45, 2.75) is 39.8 Å². The van der Waals surface area contributed by atoms with Crippen LogP contribution in [0.1, 0.15) is 32.8 Å². The quantitative estimate of drug-likeness (QED) is 0.449. The number of anilines is 1. The molecule has 0 aliphatic carbocycles. The van der Waals surface area contributed by atoms with Crippen molar-refractivity contribution in [1.29, 1.82) is 0 Å². The van der Waals surface area contributed by atoms with Crippen molar-refractivity contribution < 1.29 is 27.5 Å². The summed E-state index contributed by atoms with van der Waals surface area (Å²) in [6.45, 7) is 5.77. The molecule has 2 aromatic rings. The van der Waals surface area contributed by atoms with E-state index in [4.69, 9.17) is 9.47 Å². The molecule has 0 saturated heterocycles. The van der Waals surface area contributed by atoms with Crippen LogP contribution in [0, 0.1) is 0 Å². The van der Waals surface area contributed by atoms with Crippen LogP contribution in [0.2, 0.25) is 0 Å². The molecule has 10 heteroatoms. The third-order valence-electron chi connectivity index (χ3n) is 5.34. The number of likely N-dealkylation sites (N-methyl/N-ethyl adjacent to an activating group) is 1. The Balaban J connectivity index is 2.49. The van der Waals surface area contributed by atoms with Crippen LogP contribution in [0.15, 0.2) is 48.5 Å². The largest absolute Gasteiger partial charge is 0.497 e. The Morgan fingerprint density at radius 2 is 1.77 bits per heavy atom. The zero-order valence-electron chi connectivity index (χ0n) is 21.0. The Kier molecular flexibility index (Phi) is 10.4. The Labute approximate surface area is 208 Å². The van der Waals surface area contributed by atoms with Gasteiger partial charge >= 0.3 is 0 Å². The fraction of sp³-hybridized carbons (Fsp3) is 0.440. The van der Waals surface area contributed by atoms with Crippen LogP contribution in [-0.2, 0) is 26.2 Å². The molecule has 0 fully saturated rings. The van der Waals surface area contributed by atoms with Gasteiger partial charge in [-0.25, -0.2) is 8.42 Å². The van der Waals surface area contributed by atoms with E-state index in [-0.39, 0.29) is 18.1 Å². The molecular formula is C25H35N3O6S. The maximum Gasteiger partial charge on any atom is 0.244 e. The summed E-state index contributed by atoms with van der Waals surface area (Å²) in [6, 6.07) is 13.1. The highest BCUT2D eigenvalue weighted by Crippen LogP contribution is 2.30. The van der Waals surface area contributed by atoms with E-state index in [1.54, 1.807) is 63.4 Å². The summed E-state index contributed by atoms with van der Waals surface area (Å²) in [6.07, 6.45) is 1.40. The zero-order valence-corrected chi connectivity index (χ0v) is 21.8. The molecule has 0 heterocycles. The second-order valence-electron chi connectivity index (χ2n) is 7.86. The molecule has 0 aliphatic heterocycles. The molecule has 0 saturated carbocycles. The number of methoxy groups -OCH3 is 1. The normalized spacial score (nSPS) is 11.9. The van der Waals surface area contributed by atoms with Crippen molar-refractivity contribution >= 4 is 27.5 Å². The van der Waals surface area contributed by atoms with Gasteiger partial charge in [0.15, 0.2) is 0 Å². The highest BCUT2D eigenvalue weighted by atomic mass is 32.2. The van der Waals surface area contributed by atoms with Crippen LogP contribution in [0.4, 0.5) is 5.69 Å². The van der Waals surface area contributed by atoms with Crippen molar-refractivity contribution in [3.8, 4) is 11.5 Å². The number of rotatable bonds is 13. The first-order chi connectivity index (χ1) is 16.7. The third kappa shape index (κ3) is 7.61. The first kappa shape index (κ1) is 28.0. The van der Waals surface area contributed by atoms with Crippen LogP contribution < -0.4 is 19.1 Å². The van der Waals surface area contributed by atoms with Gasteiger partial charge in [-0.3, -0.25) is 13.9 Å². The lowest BCUT2D eigenvalue weighted by atomic mass is 10.1. The van der Waals surface area contributed by atoms with Crippen LogP contribution >= 0.6 is 0 Å². The first-order valence-electron chi connectivity index (χ1n) is 11.6. The van der Waals surface area contributed by atoms with Crippen LogP contribution in [0.5, 0.6) is 11.5 Å². The van der Waals surface area contributed by atoms with Gasteiger partial charge in [0.2, 0.25) is 21.8 Å². The van der Waals surface area contributed by atoms with Gasteiger partial charge in [-0.15, -0.1) is 0 Å². The number of nitrogens with one attached hydrogen (secondary N) is 1. The molecular weight excluding hydrogens is 470 g/mol. The van der Waals surface area contributed by atoms with Gasteiger partial charge in [0, 0.05) is 13.1 Å². The van der Waals surface area contributed by atoms with Crippen LogP contribution in [-0.4, -0.2) is 64.2 Å². The molecule has 0 aromatic heterocycles. The van der Waals surface area contributed by atoms with Crippen molar-refractivity contribution in [1.82, 2.24) is 10.2 Å². The molecule has 9 nitrogen and oxygen atoms in total. The van der Waals surface area contributed by atoms with E-state index in [9.17, 15) is 18.0 Å². The summed E-state index contributed by atoms with van der Waals surface area (Å²) in [4.78, 5) is 27.9. The standard InChI is InChI=1S/C25H35N3O6S/c1-6-21(25(30)26-7-2)27(17-19-12-11-13-20(16-19)33-4)24(29)18-28(35(5,31)32)22-14-9-10-15-23(22)34-8-3/h9-16,21H,6-8,17-18H2,1-5H3,(H,26,30)/t21-/m0/s1. The number of sulfonamides is 1. The number of carbonyl (C=O) groups excluding carboxylic acids is 2. The van der Waals surface area contributed by atoms with Gasteiger partial charge in [-0.05, 0) is 50.1 Å². The predicted octanol–water partition coefficient (Wildman–Crippen LogP) is 2.80. The van der Waals surface area contributed by atoms with Gasteiger partial charge in [-0.1, -0.05) is 31.2 Å². The SMILES string of the molecule is CCNC(=O)[C@H](CC)N(Cc1cccc(OC)c1)C(=O)CN(c1ccccc1OCC)S(C)(=O)=O. The minimum Gasteiger partial charge on any atom is -0.497 e. The fourth-order valence-corrected chi connectivity index (χ4v) is 4.57. The summed E-state index contributed by atoms with van der Waals surface area (Å²) in [5, 5.41) is 2.77. The van der Waals surface area contributed by atoms with E-state index in [1.807, 2.05) is 13.0 Å². The number of nitrogens with zero attached hydrogens (tertiary/aromatic N) is 2. The molecule has 2 aromatic carbocycles. The lowest BCUT2D eigenvalue weighted by Gasteiger charge is -2.33. The zero-order chi connectivity index (χ0) is 26.0. The number of amides is 2. The predicted molar refractivity (Wildman–Crippen MR) is 136 cm³/mol. The average molecular weight is 506 g/mol. The molecule has 0 unspecified atom stereocenters. The second kappa shape index (κ2) is 13.0. The average Bonchev–Trinajstić information content (AvgIpc) is 2.82. The van der Waals surface area contributed by atoms with E-state index < -0.39 is 28.5 Å². The number of ether oxygens (including phenoxy) is 2.